The molecule has 0 bridgehead atoms. The number of H-pyrrole nitrogens is 1. The van der Waals surface area contributed by atoms with E-state index in [0.29, 0.717) is 5.82 Å². The van der Waals surface area contributed by atoms with Gasteiger partial charge in [-0.2, -0.15) is 5.10 Å². The lowest BCUT2D eigenvalue weighted by Gasteiger charge is -2.14. The molecule has 5 heteroatoms. The van der Waals surface area contributed by atoms with Crippen molar-refractivity contribution in [3.05, 3.63) is 84.2 Å². The first kappa shape index (κ1) is 15.3. The summed E-state index contributed by atoms with van der Waals surface area (Å²) in [5, 5.41) is 7.08. The Morgan fingerprint density at radius 2 is 1.76 bits per heavy atom. The first-order valence-corrected chi connectivity index (χ1v) is 8.30. The lowest BCUT2D eigenvalue weighted by molar-refractivity contribution is 0.789. The van der Waals surface area contributed by atoms with Gasteiger partial charge in [0.05, 0.1) is 0 Å². The summed E-state index contributed by atoms with van der Waals surface area (Å²) in [6.07, 6.45) is 3.85. The molecule has 4 rings (SSSR count). The average Bonchev–Trinajstić information content (AvgIpc) is 3.31. The van der Waals surface area contributed by atoms with Crippen molar-refractivity contribution in [2.75, 3.05) is 0 Å². The number of aromatic amines is 1. The molecule has 5 nitrogen and oxygen atoms in total. The summed E-state index contributed by atoms with van der Waals surface area (Å²) in [6.45, 7) is 4.08. The van der Waals surface area contributed by atoms with E-state index >= 15 is 0 Å². The monoisotopic (exact) mass is 329 g/mol. The van der Waals surface area contributed by atoms with Crippen molar-refractivity contribution < 1.29 is 0 Å². The molecule has 2 heterocycles. The van der Waals surface area contributed by atoms with Crippen LogP contribution in [0.4, 0.5) is 0 Å². The third-order valence-electron chi connectivity index (χ3n) is 4.36. The second-order valence-electron chi connectivity index (χ2n) is 6.08. The second kappa shape index (κ2) is 6.36. The largest absolute Gasteiger partial charge is 0.303 e. The molecule has 0 aliphatic rings. The Morgan fingerprint density at radius 1 is 1.00 bits per heavy atom. The molecule has 0 saturated carbocycles. The third-order valence-corrected chi connectivity index (χ3v) is 4.36. The highest BCUT2D eigenvalue weighted by Gasteiger charge is 2.15. The molecule has 2 aromatic heterocycles. The van der Waals surface area contributed by atoms with Gasteiger partial charge in [0.25, 0.3) is 0 Å². The number of rotatable bonds is 4. The van der Waals surface area contributed by atoms with Crippen LogP contribution in [0.1, 0.15) is 30.1 Å². The van der Waals surface area contributed by atoms with Gasteiger partial charge in [-0.25, -0.2) is 9.97 Å². The zero-order chi connectivity index (χ0) is 17.2. The Morgan fingerprint density at radius 3 is 2.44 bits per heavy atom. The highest BCUT2D eigenvalue weighted by molar-refractivity contribution is 5.57. The van der Waals surface area contributed by atoms with E-state index in [-0.39, 0.29) is 5.92 Å². The minimum absolute atomic E-state index is 0.214. The minimum Gasteiger partial charge on any atom is -0.303 e. The van der Waals surface area contributed by atoms with Crippen LogP contribution < -0.4 is 0 Å². The van der Waals surface area contributed by atoms with E-state index < -0.39 is 0 Å². The SMILES string of the molecule is Cc1nc(-c2ccc(-n3ccnc3[C@H](C)c3ccccc3)cc2)n[nH]1. The molecule has 0 saturated heterocycles. The van der Waals surface area contributed by atoms with Crippen molar-refractivity contribution in [3.63, 3.8) is 0 Å². The number of hydrogen-bond donors (Lipinski definition) is 1. The number of nitrogens with one attached hydrogen (secondary N) is 1. The van der Waals surface area contributed by atoms with Gasteiger partial charge >= 0.3 is 0 Å². The average molecular weight is 329 g/mol. The van der Waals surface area contributed by atoms with Gasteiger partial charge in [-0.3, -0.25) is 5.10 Å². The van der Waals surface area contributed by atoms with E-state index in [1.807, 2.05) is 37.5 Å². The molecule has 1 N–H and O–H groups in total. The van der Waals surface area contributed by atoms with Gasteiger partial charge in [0, 0.05) is 29.6 Å². The molecule has 0 aliphatic heterocycles. The van der Waals surface area contributed by atoms with Crippen LogP contribution >= 0.6 is 0 Å². The maximum Gasteiger partial charge on any atom is 0.181 e. The maximum atomic E-state index is 4.59. The molecular formula is C20H19N5. The van der Waals surface area contributed by atoms with Gasteiger partial charge in [0.2, 0.25) is 0 Å². The van der Waals surface area contributed by atoms with Crippen LogP contribution in [0.15, 0.2) is 67.0 Å². The van der Waals surface area contributed by atoms with Crippen LogP contribution in [0.25, 0.3) is 17.1 Å². The van der Waals surface area contributed by atoms with Crippen molar-refractivity contribution in [2.45, 2.75) is 19.8 Å². The predicted molar refractivity (Wildman–Crippen MR) is 97.6 cm³/mol. The second-order valence-corrected chi connectivity index (χ2v) is 6.08. The van der Waals surface area contributed by atoms with E-state index in [1.54, 1.807) is 0 Å². The molecule has 0 radical (unpaired) electrons. The molecular weight excluding hydrogens is 310 g/mol. The summed E-state index contributed by atoms with van der Waals surface area (Å²) in [5.41, 5.74) is 3.32. The summed E-state index contributed by atoms with van der Waals surface area (Å²) < 4.78 is 2.13. The summed E-state index contributed by atoms with van der Waals surface area (Å²) in [6, 6.07) is 18.7. The Labute approximate surface area is 146 Å². The lowest BCUT2D eigenvalue weighted by Crippen LogP contribution is -2.06. The third kappa shape index (κ3) is 2.96. The zero-order valence-corrected chi connectivity index (χ0v) is 14.2. The van der Waals surface area contributed by atoms with Gasteiger partial charge in [-0.15, -0.1) is 0 Å². The molecule has 124 valence electrons. The fourth-order valence-electron chi connectivity index (χ4n) is 2.99. The summed E-state index contributed by atoms with van der Waals surface area (Å²) >= 11 is 0. The molecule has 4 aromatic rings. The smallest absolute Gasteiger partial charge is 0.181 e. The predicted octanol–water partition coefficient (Wildman–Crippen LogP) is 4.12. The van der Waals surface area contributed by atoms with Crippen molar-refractivity contribution in [1.82, 2.24) is 24.7 Å². The first-order chi connectivity index (χ1) is 12.2. The Kier molecular flexibility index (Phi) is 3.90. The van der Waals surface area contributed by atoms with Crippen LogP contribution in [0.5, 0.6) is 0 Å². The van der Waals surface area contributed by atoms with E-state index in [2.05, 4.69) is 68.1 Å². The summed E-state index contributed by atoms with van der Waals surface area (Å²) in [5.74, 6) is 2.76. The van der Waals surface area contributed by atoms with Crippen molar-refractivity contribution in [2.24, 2.45) is 0 Å². The first-order valence-electron chi connectivity index (χ1n) is 8.30. The zero-order valence-electron chi connectivity index (χ0n) is 14.2. The Bertz CT molecular complexity index is 967. The molecule has 0 spiro atoms. The number of aryl methyl sites for hydroxylation is 1. The fourth-order valence-corrected chi connectivity index (χ4v) is 2.99. The van der Waals surface area contributed by atoms with Crippen molar-refractivity contribution in [1.29, 1.82) is 0 Å². The minimum atomic E-state index is 0.214. The molecule has 2 aromatic carbocycles. The maximum absolute atomic E-state index is 4.59. The Balaban J connectivity index is 1.66. The molecule has 1 atom stereocenters. The summed E-state index contributed by atoms with van der Waals surface area (Å²) in [4.78, 5) is 8.96. The normalized spacial score (nSPS) is 12.2. The topological polar surface area (TPSA) is 59.4 Å². The number of benzene rings is 2. The highest BCUT2D eigenvalue weighted by Crippen LogP contribution is 2.25. The van der Waals surface area contributed by atoms with Gasteiger partial charge in [-0.05, 0) is 36.8 Å². The van der Waals surface area contributed by atoms with Gasteiger partial charge < -0.3 is 4.57 Å². The van der Waals surface area contributed by atoms with Crippen LogP contribution in [-0.2, 0) is 0 Å². The molecule has 0 amide bonds. The molecule has 25 heavy (non-hydrogen) atoms. The molecule has 0 fully saturated rings. The number of imidazole rings is 1. The molecule has 0 aliphatic carbocycles. The number of hydrogen-bond acceptors (Lipinski definition) is 3. The summed E-state index contributed by atoms with van der Waals surface area (Å²) in [7, 11) is 0. The lowest BCUT2D eigenvalue weighted by atomic mass is 10.0. The molecule has 0 unspecified atom stereocenters. The Hall–Kier alpha value is -3.21. The highest BCUT2D eigenvalue weighted by atomic mass is 15.2. The van der Waals surface area contributed by atoms with Crippen LogP contribution in [0.3, 0.4) is 0 Å². The van der Waals surface area contributed by atoms with E-state index in [1.165, 1.54) is 5.56 Å². The van der Waals surface area contributed by atoms with Crippen LogP contribution in [0.2, 0.25) is 0 Å². The fraction of sp³-hybridized carbons (Fsp3) is 0.150. The van der Waals surface area contributed by atoms with Crippen molar-refractivity contribution in [3.8, 4) is 17.1 Å². The van der Waals surface area contributed by atoms with Crippen LogP contribution in [0, 0.1) is 6.92 Å². The van der Waals surface area contributed by atoms with Gasteiger partial charge in [0.15, 0.2) is 5.82 Å². The quantitative estimate of drug-likeness (QED) is 0.613. The van der Waals surface area contributed by atoms with Gasteiger partial charge in [0.1, 0.15) is 11.6 Å². The van der Waals surface area contributed by atoms with Crippen LogP contribution in [-0.4, -0.2) is 24.7 Å². The van der Waals surface area contributed by atoms with E-state index in [4.69, 9.17) is 0 Å². The van der Waals surface area contributed by atoms with Crippen molar-refractivity contribution >= 4 is 0 Å². The number of nitrogens with zero attached hydrogens (tertiary/aromatic N) is 4. The van der Waals surface area contributed by atoms with E-state index in [0.717, 1.165) is 22.9 Å². The van der Waals surface area contributed by atoms with E-state index in [9.17, 15) is 0 Å². The standard InChI is InChI=1S/C20H19N5/c1-14(16-6-4-3-5-7-16)20-21-12-13-25(20)18-10-8-17(9-11-18)19-22-15(2)23-24-19/h3-14H,1-2H3,(H,22,23,24)/t14-/m1/s1. The number of aromatic nitrogens is 5. The van der Waals surface area contributed by atoms with Gasteiger partial charge in [-0.1, -0.05) is 37.3 Å².